The third-order valence-electron chi connectivity index (χ3n) is 4.60. The molecule has 3 aromatic heterocycles. The second kappa shape index (κ2) is 8.77. The highest BCUT2D eigenvalue weighted by Crippen LogP contribution is 2.31. The molecule has 0 bridgehead atoms. The van der Waals surface area contributed by atoms with Crippen molar-refractivity contribution in [2.45, 2.75) is 32.7 Å². The number of fused-ring (bicyclic) bond motifs is 1. The number of amides is 1. The van der Waals surface area contributed by atoms with Gasteiger partial charge in [0.15, 0.2) is 11.3 Å². The van der Waals surface area contributed by atoms with E-state index in [2.05, 4.69) is 20.4 Å². The van der Waals surface area contributed by atoms with Gasteiger partial charge >= 0.3 is 0 Å². The van der Waals surface area contributed by atoms with Crippen molar-refractivity contribution < 1.29 is 18.5 Å². The van der Waals surface area contributed by atoms with Gasteiger partial charge in [-0.3, -0.25) is 9.78 Å². The Balaban J connectivity index is 1.36. The molecule has 1 atom stereocenters. The van der Waals surface area contributed by atoms with Crippen molar-refractivity contribution in [3.63, 3.8) is 0 Å². The Morgan fingerprint density at radius 2 is 2.07 bits per heavy atom. The molecule has 30 heavy (non-hydrogen) atoms. The van der Waals surface area contributed by atoms with E-state index in [4.69, 9.17) is 13.7 Å². The van der Waals surface area contributed by atoms with Gasteiger partial charge in [-0.15, -0.1) is 0 Å². The second-order valence-electron chi connectivity index (χ2n) is 6.79. The SMILES string of the molecule is CCOc1cccc2cc(C(C)NC(=O)CCc3nc(-c4ccncc4)no3)oc12. The number of rotatable bonds is 8. The van der Waals surface area contributed by atoms with Crippen LogP contribution in [0, 0.1) is 0 Å². The number of para-hydroxylation sites is 1. The zero-order valence-electron chi connectivity index (χ0n) is 16.8. The Bertz CT molecular complexity index is 1140. The number of pyridine rings is 1. The number of furan rings is 1. The lowest BCUT2D eigenvalue weighted by atomic mass is 10.2. The molecular weight excluding hydrogens is 384 g/mol. The van der Waals surface area contributed by atoms with E-state index in [0.717, 1.165) is 10.9 Å². The molecule has 1 unspecified atom stereocenters. The number of benzene rings is 1. The molecule has 8 heteroatoms. The van der Waals surface area contributed by atoms with E-state index in [9.17, 15) is 4.79 Å². The third-order valence-corrected chi connectivity index (χ3v) is 4.60. The lowest BCUT2D eigenvalue weighted by molar-refractivity contribution is -0.121. The Morgan fingerprint density at radius 3 is 2.87 bits per heavy atom. The van der Waals surface area contributed by atoms with Crippen LogP contribution >= 0.6 is 0 Å². The van der Waals surface area contributed by atoms with Crippen LogP contribution in [-0.4, -0.2) is 27.6 Å². The fourth-order valence-corrected chi connectivity index (χ4v) is 3.12. The molecule has 4 aromatic rings. The Hall–Kier alpha value is -3.68. The third kappa shape index (κ3) is 4.32. The van der Waals surface area contributed by atoms with E-state index in [1.54, 1.807) is 24.5 Å². The monoisotopic (exact) mass is 406 g/mol. The maximum atomic E-state index is 12.4. The predicted molar refractivity (Wildman–Crippen MR) is 110 cm³/mol. The second-order valence-corrected chi connectivity index (χ2v) is 6.79. The first-order chi connectivity index (χ1) is 14.6. The average molecular weight is 406 g/mol. The number of carbonyl (C=O) groups excluding carboxylic acids is 1. The minimum atomic E-state index is -0.283. The van der Waals surface area contributed by atoms with Crippen LogP contribution in [-0.2, 0) is 11.2 Å². The molecule has 0 aliphatic heterocycles. The van der Waals surface area contributed by atoms with Gasteiger partial charge in [-0.25, -0.2) is 0 Å². The summed E-state index contributed by atoms with van der Waals surface area (Å²) in [5.41, 5.74) is 1.50. The fourth-order valence-electron chi connectivity index (χ4n) is 3.12. The molecule has 1 aromatic carbocycles. The first-order valence-electron chi connectivity index (χ1n) is 9.81. The van der Waals surface area contributed by atoms with Gasteiger partial charge in [0.1, 0.15) is 5.76 Å². The lowest BCUT2D eigenvalue weighted by Crippen LogP contribution is -2.26. The molecule has 1 amide bonds. The van der Waals surface area contributed by atoms with E-state index in [1.165, 1.54) is 0 Å². The number of ether oxygens (including phenoxy) is 1. The molecule has 154 valence electrons. The van der Waals surface area contributed by atoms with Gasteiger partial charge in [-0.2, -0.15) is 4.98 Å². The van der Waals surface area contributed by atoms with Crippen LogP contribution in [0.2, 0.25) is 0 Å². The molecule has 0 aliphatic rings. The number of aromatic nitrogens is 3. The topological polar surface area (TPSA) is 103 Å². The summed E-state index contributed by atoms with van der Waals surface area (Å²) >= 11 is 0. The molecule has 0 radical (unpaired) electrons. The number of aryl methyl sites for hydroxylation is 1. The van der Waals surface area contributed by atoms with Gasteiger partial charge in [0.25, 0.3) is 0 Å². The van der Waals surface area contributed by atoms with Crippen LogP contribution < -0.4 is 10.1 Å². The summed E-state index contributed by atoms with van der Waals surface area (Å²) in [6.07, 6.45) is 3.91. The zero-order valence-corrected chi connectivity index (χ0v) is 16.8. The minimum Gasteiger partial charge on any atom is -0.490 e. The first kappa shape index (κ1) is 19.6. The van der Waals surface area contributed by atoms with Crippen molar-refractivity contribution in [2.24, 2.45) is 0 Å². The number of nitrogens with zero attached hydrogens (tertiary/aromatic N) is 3. The van der Waals surface area contributed by atoms with Crippen LogP contribution in [0.1, 0.15) is 38.0 Å². The average Bonchev–Trinajstić information content (AvgIpc) is 3.41. The summed E-state index contributed by atoms with van der Waals surface area (Å²) in [6, 6.07) is 11.0. The molecule has 0 spiro atoms. The Labute approximate surface area is 173 Å². The molecular formula is C22H22N4O4. The van der Waals surface area contributed by atoms with E-state index in [1.807, 2.05) is 38.1 Å². The van der Waals surface area contributed by atoms with E-state index in [-0.39, 0.29) is 18.4 Å². The standard InChI is InChI=1S/C22H22N4O4/c1-3-28-17-6-4-5-16-13-18(29-21(16)17)14(2)24-19(27)7-8-20-25-22(26-30-20)15-9-11-23-12-10-15/h4-6,9-14H,3,7-8H2,1-2H3,(H,24,27). The number of hydrogen-bond acceptors (Lipinski definition) is 7. The maximum absolute atomic E-state index is 12.4. The molecule has 0 saturated heterocycles. The van der Waals surface area contributed by atoms with Crippen molar-refractivity contribution in [3.05, 3.63) is 60.4 Å². The quantitative estimate of drug-likeness (QED) is 0.470. The molecule has 4 rings (SSSR count). The Morgan fingerprint density at radius 1 is 1.23 bits per heavy atom. The summed E-state index contributed by atoms with van der Waals surface area (Å²) < 4.78 is 16.8. The van der Waals surface area contributed by atoms with Gasteiger partial charge in [0, 0.05) is 36.2 Å². The summed E-state index contributed by atoms with van der Waals surface area (Å²) in [5.74, 6) is 2.13. The van der Waals surface area contributed by atoms with Crippen molar-refractivity contribution in [2.75, 3.05) is 6.61 Å². The highest BCUT2D eigenvalue weighted by Gasteiger charge is 2.17. The van der Waals surface area contributed by atoms with Crippen LogP contribution in [0.15, 0.2) is 57.7 Å². The highest BCUT2D eigenvalue weighted by atomic mass is 16.5. The van der Waals surface area contributed by atoms with Gasteiger partial charge in [0.05, 0.1) is 12.6 Å². The van der Waals surface area contributed by atoms with Gasteiger partial charge < -0.3 is 19.0 Å². The molecule has 1 N–H and O–H groups in total. The number of nitrogens with one attached hydrogen (secondary N) is 1. The summed E-state index contributed by atoms with van der Waals surface area (Å²) in [4.78, 5) is 20.7. The van der Waals surface area contributed by atoms with Crippen LogP contribution in [0.25, 0.3) is 22.4 Å². The normalized spacial score (nSPS) is 12.1. The molecule has 3 heterocycles. The predicted octanol–water partition coefficient (Wildman–Crippen LogP) is 4.09. The van der Waals surface area contributed by atoms with Gasteiger partial charge in [0.2, 0.25) is 17.6 Å². The maximum Gasteiger partial charge on any atom is 0.227 e. The summed E-state index contributed by atoms with van der Waals surface area (Å²) in [7, 11) is 0. The molecule has 0 saturated carbocycles. The zero-order chi connectivity index (χ0) is 20.9. The van der Waals surface area contributed by atoms with E-state index >= 15 is 0 Å². The van der Waals surface area contributed by atoms with Crippen molar-refractivity contribution in [3.8, 4) is 17.1 Å². The molecule has 8 nitrogen and oxygen atoms in total. The first-order valence-corrected chi connectivity index (χ1v) is 9.81. The fraction of sp³-hybridized carbons (Fsp3) is 0.273. The van der Waals surface area contributed by atoms with Crippen molar-refractivity contribution >= 4 is 16.9 Å². The number of carbonyl (C=O) groups is 1. The smallest absolute Gasteiger partial charge is 0.227 e. The van der Waals surface area contributed by atoms with Gasteiger partial charge in [-0.05, 0) is 38.1 Å². The Kier molecular flexibility index (Phi) is 5.74. The van der Waals surface area contributed by atoms with Gasteiger partial charge in [-0.1, -0.05) is 17.3 Å². The lowest BCUT2D eigenvalue weighted by Gasteiger charge is -2.10. The van der Waals surface area contributed by atoms with Crippen LogP contribution in [0.3, 0.4) is 0 Å². The summed E-state index contributed by atoms with van der Waals surface area (Å²) in [6.45, 7) is 4.36. The summed E-state index contributed by atoms with van der Waals surface area (Å²) in [5, 5.41) is 7.83. The van der Waals surface area contributed by atoms with Crippen molar-refractivity contribution in [1.82, 2.24) is 20.4 Å². The van der Waals surface area contributed by atoms with Crippen LogP contribution in [0.4, 0.5) is 0 Å². The van der Waals surface area contributed by atoms with E-state index in [0.29, 0.717) is 41.8 Å². The molecule has 0 fully saturated rings. The number of hydrogen-bond donors (Lipinski definition) is 1. The van der Waals surface area contributed by atoms with Crippen molar-refractivity contribution in [1.29, 1.82) is 0 Å². The molecule has 0 aliphatic carbocycles. The van der Waals surface area contributed by atoms with E-state index < -0.39 is 0 Å². The highest BCUT2D eigenvalue weighted by molar-refractivity contribution is 5.84. The largest absolute Gasteiger partial charge is 0.490 e. The minimum absolute atomic E-state index is 0.128. The van der Waals surface area contributed by atoms with Crippen LogP contribution in [0.5, 0.6) is 5.75 Å².